The first kappa shape index (κ1) is 25.1. The standard InChI is InChI=1S/C25H38N2O6/c1-24(2,3)33-23(29)27-19(16-32-25(27,4)5)13-17-9-8-12-26(22(17)28)15-18-10-11-20(30-6)14-21(18)31-7/h10-11,14,17,19H,8-9,12-13,15-16H2,1-7H3/t17-,19-/m0/s1. The number of hydrogen-bond acceptors (Lipinski definition) is 6. The Morgan fingerprint density at radius 2 is 1.94 bits per heavy atom. The summed E-state index contributed by atoms with van der Waals surface area (Å²) in [4.78, 5) is 29.9. The zero-order valence-corrected chi connectivity index (χ0v) is 21.0. The largest absolute Gasteiger partial charge is 0.497 e. The number of rotatable bonds is 6. The molecule has 8 heteroatoms. The van der Waals surface area contributed by atoms with Crippen molar-refractivity contribution in [3.05, 3.63) is 23.8 Å². The summed E-state index contributed by atoms with van der Waals surface area (Å²) in [7, 11) is 3.23. The Morgan fingerprint density at radius 1 is 1.21 bits per heavy atom. The first-order valence-electron chi connectivity index (χ1n) is 11.6. The highest BCUT2D eigenvalue weighted by Gasteiger charge is 2.47. The average molecular weight is 463 g/mol. The third-order valence-corrected chi connectivity index (χ3v) is 6.22. The fraction of sp³-hybridized carbons (Fsp3) is 0.680. The van der Waals surface area contributed by atoms with Gasteiger partial charge in [-0.15, -0.1) is 0 Å². The maximum Gasteiger partial charge on any atom is 0.412 e. The lowest BCUT2D eigenvalue weighted by molar-refractivity contribution is -0.140. The number of hydrogen-bond donors (Lipinski definition) is 0. The van der Waals surface area contributed by atoms with Gasteiger partial charge in [0.2, 0.25) is 5.91 Å². The van der Waals surface area contributed by atoms with Crippen LogP contribution in [0.3, 0.4) is 0 Å². The van der Waals surface area contributed by atoms with E-state index in [4.69, 9.17) is 18.9 Å². The lowest BCUT2D eigenvalue weighted by Crippen LogP contribution is -2.51. The molecule has 2 atom stereocenters. The second-order valence-electron chi connectivity index (χ2n) is 10.3. The van der Waals surface area contributed by atoms with Gasteiger partial charge in [-0.2, -0.15) is 0 Å². The Kier molecular flexibility index (Phi) is 7.46. The normalized spacial score (nSPS) is 22.9. The van der Waals surface area contributed by atoms with Crippen molar-refractivity contribution >= 4 is 12.0 Å². The van der Waals surface area contributed by atoms with Crippen LogP contribution in [0.15, 0.2) is 18.2 Å². The van der Waals surface area contributed by atoms with Crippen molar-refractivity contribution in [2.45, 2.75) is 77.8 Å². The van der Waals surface area contributed by atoms with Crippen LogP contribution >= 0.6 is 0 Å². The molecule has 1 aromatic carbocycles. The highest BCUT2D eigenvalue weighted by atomic mass is 16.6. The van der Waals surface area contributed by atoms with Crippen molar-refractivity contribution < 1.29 is 28.5 Å². The third-order valence-electron chi connectivity index (χ3n) is 6.22. The van der Waals surface area contributed by atoms with Gasteiger partial charge >= 0.3 is 6.09 Å². The molecular formula is C25H38N2O6. The predicted molar refractivity (Wildman–Crippen MR) is 124 cm³/mol. The van der Waals surface area contributed by atoms with E-state index in [1.807, 2.05) is 57.7 Å². The molecule has 0 spiro atoms. The van der Waals surface area contributed by atoms with Crippen LogP contribution in [-0.2, 0) is 20.8 Å². The smallest absolute Gasteiger partial charge is 0.412 e. The molecule has 8 nitrogen and oxygen atoms in total. The predicted octanol–water partition coefficient (Wildman–Crippen LogP) is 4.20. The number of methoxy groups -OCH3 is 2. The molecule has 0 unspecified atom stereocenters. The van der Waals surface area contributed by atoms with E-state index in [1.165, 1.54) is 0 Å². The van der Waals surface area contributed by atoms with Crippen LogP contribution < -0.4 is 9.47 Å². The fourth-order valence-electron chi connectivity index (χ4n) is 4.65. The summed E-state index contributed by atoms with van der Waals surface area (Å²) < 4.78 is 22.3. The summed E-state index contributed by atoms with van der Waals surface area (Å²) in [5.41, 5.74) is -0.441. The maximum absolute atomic E-state index is 13.4. The van der Waals surface area contributed by atoms with Crippen LogP contribution in [0.1, 0.15) is 59.4 Å². The zero-order chi connectivity index (χ0) is 24.4. The fourth-order valence-corrected chi connectivity index (χ4v) is 4.65. The summed E-state index contributed by atoms with van der Waals surface area (Å²) >= 11 is 0. The van der Waals surface area contributed by atoms with Crippen LogP contribution in [0.5, 0.6) is 11.5 Å². The Morgan fingerprint density at radius 3 is 2.58 bits per heavy atom. The quantitative estimate of drug-likeness (QED) is 0.630. The lowest BCUT2D eigenvalue weighted by atomic mass is 9.90. The van der Waals surface area contributed by atoms with E-state index in [9.17, 15) is 9.59 Å². The molecule has 2 aliphatic heterocycles. The molecule has 0 N–H and O–H groups in total. The molecule has 2 saturated heterocycles. The summed E-state index contributed by atoms with van der Waals surface area (Å²) in [6.45, 7) is 10.8. The monoisotopic (exact) mass is 462 g/mol. The molecule has 184 valence electrons. The van der Waals surface area contributed by atoms with Crippen LogP contribution in [0.4, 0.5) is 4.79 Å². The summed E-state index contributed by atoms with van der Waals surface area (Å²) in [6, 6.07) is 5.43. The van der Waals surface area contributed by atoms with Gasteiger partial charge in [0.05, 0.1) is 26.9 Å². The Hall–Kier alpha value is -2.48. The minimum Gasteiger partial charge on any atom is -0.497 e. The van der Waals surface area contributed by atoms with E-state index in [0.717, 1.165) is 18.4 Å². The summed E-state index contributed by atoms with van der Waals surface area (Å²) in [5.74, 6) is 1.35. The van der Waals surface area contributed by atoms with Gasteiger partial charge in [-0.1, -0.05) is 0 Å². The van der Waals surface area contributed by atoms with E-state index >= 15 is 0 Å². The van der Waals surface area contributed by atoms with Gasteiger partial charge in [0.25, 0.3) is 0 Å². The molecule has 0 radical (unpaired) electrons. The number of ether oxygens (including phenoxy) is 4. The molecule has 0 aromatic heterocycles. The molecule has 33 heavy (non-hydrogen) atoms. The molecular weight excluding hydrogens is 424 g/mol. The first-order valence-corrected chi connectivity index (χ1v) is 11.6. The van der Waals surface area contributed by atoms with Gasteiger partial charge in [0, 0.05) is 30.6 Å². The van der Waals surface area contributed by atoms with Gasteiger partial charge in [0.1, 0.15) is 22.8 Å². The molecule has 3 rings (SSSR count). The Bertz CT molecular complexity index is 863. The van der Waals surface area contributed by atoms with Gasteiger partial charge in [-0.3, -0.25) is 9.69 Å². The van der Waals surface area contributed by atoms with E-state index in [2.05, 4.69) is 0 Å². The van der Waals surface area contributed by atoms with E-state index in [0.29, 0.717) is 37.6 Å². The van der Waals surface area contributed by atoms with Crippen LogP contribution in [0, 0.1) is 5.92 Å². The Balaban J connectivity index is 1.71. The summed E-state index contributed by atoms with van der Waals surface area (Å²) in [5, 5.41) is 0. The molecule has 0 bridgehead atoms. The second-order valence-corrected chi connectivity index (χ2v) is 10.3. The molecule has 2 fully saturated rings. The highest BCUT2D eigenvalue weighted by molar-refractivity contribution is 5.80. The topological polar surface area (TPSA) is 77.5 Å². The maximum atomic E-state index is 13.4. The number of likely N-dealkylation sites (tertiary alicyclic amines) is 1. The molecule has 1 aromatic rings. The van der Waals surface area contributed by atoms with Crippen molar-refractivity contribution in [3.63, 3.8) is 0 Å². The molecule has 2 amide bonds. The van der Waals surface area contributed by atoms with Crippen LogP contribution in [-0.4, -0.2) is 66.5 Å². The SMILES string of the molecule is COc1ccc(CN2CCC[C@@H](C[C@H]3COC(C)(C)N3C(=O)OC(C)(C)C)C2=O)c(OC)c1. The number of amides is 2. The molecule has 2 aliphatic rings. The number of carbonyl (C=O) groups is 2. The molecule has 0 saturated carbocycles. The second kappa shape index (κ2) is 9.79. The van der Waals surface area contributed by atoms with Crippen molar-refractivity contribution in [2.75, 3.05) is 27.4 Å². The third kappa shape index (κ3) is 5.91. The number of benzene rings is 1. The molecule has 0 aliphatic carbocycles. The van der Waals surface area contributed by atoms with Gasteiger partial charge in [0.15, 0.2) is 0 Å². The van der Waals surface area contributed by atoms with Crippen molar-refractivity contribution in [1.29, 1.82) is 0 Å². The lowest BCUT2D eigenvalue weighted by Gasteiger charge is -2.38. The van der Waals surface area contributed by atoms with Crippen LogP contribution in [0.2, 0.25) is 0 Å². The highest BCUT2D eigenvalue weighted by Crippen LogP contribution is 2.35. The summed E-state index contributed by atoms with van der Waals surface area (Å²) in [6.07, 6.45) is 1.86. The molecule has 2 heterocycles. The first-order chi connectivity index (χ1) is 15.4. The van der Waals surface area contributed by atoms with Gasteiger partial charge in [-0.25, -0.2) is 4.79 Å². The van der Waals surface area contributed by atoms with E-state index in [1.54, 1.807) is 19.1 Å². The Labute approximate surface area is 197 Å². The average Bonchev–Trinajstić information content (AvgIpc) is 3.03. The van der Waals surface area contributed by atoms with Gasteiger partial charge in [-0.05, 0) is 66.0 Å². The van der Waals surface area contributed by atoms with Gasteiger partial charge < -0.3 is 23.8 Å². The van der Waals surface area contributed by atoms with Crippen molar-refractivity contribution in [3.8, 4) is 11.5 Å². The van der Waals surface area contributed by atoms with Crippen molar-refractivity contribution in [2.24, 2.45) is 5.92 Å². The van der Waals surface area contributed by atoms with Crippen molar-refractivity contribution in [1.82, 2.24) is 9.80 Å². The number of nitrogens with zero attached hydrogens (tertiary/aromatic N) is 2. The minimum absolute atomic E-state index is 0.105. The minimum atomic E-state index is -0.777. The number of piperidine rings is 1. The van der Waals surface area contributed by atoms with E-state index < -0.39 is 17.4 Å². The van der Waals surface area contributed by atoms with E-state index in [-0.39, 0.29) is 17.9 Å². The zero-order valence-electron chi connectivity index (χ0n) is 21.0. The van der Waals surface area contributed by atoms with Crippen LogP contribution in [0.25, 0.3) is 0 Å². The number of carbonyl (C=O) groups excluding carboxylic acids is 2.